The Hall–Kier alpha value is -0.830. The maximum absolute atomic E-state index is 6.30. The average molecular weight is 227 g/mol. The van der Waals surface area contributed by atoms with Gasteiger partial charge >= 0.3 is 0 Å². The van der Waals surface area contributed by atoms with E-state index in [2.05, 4.69) is 16.9 Å². The van der Waals surface area contributed by atoms with Crippen LogP contribution in [0.1, 0.15) is 19.0 Å². The van der Waals surface area contributed by atoms with Crippen LogP contribution in [0.4, 0.5) is 0 Å². The predicted octanol–water partition coefficient (Wildman–Crippen LogP) is 2.29. The molecule has 1 fully saturated rings. The minimum Gasteiger partial charge on any atom is -0.481 e. The highest BCUT2D eigenvalue weighted by Crippen LogP contribution is 2.43. The van der Waals surface area contributed by atoms with Gasteiger partial charge in [0.15, 0.2) is 0 Å². The fourth-order valence-electron chi connectivity index (χ4n) is 1.81. The molecule has 1 aliphatic rings. The largest absolute Gasteiger partial charge is 0.481 e. The van der Waals surface area contributed by atoms with E-state index in [0.29, 0.717) is 11.8 Å². The van der Waals surface area contributed by atoms with E-state index in [1.54, 1.807) is 7.11 Å². The zero-order valence-electron chi connectivity index (χ0n) is 8.98. The normalized spacial score (nSPS) is 26.1. The van der Waals surface area contributed by atoms with E-state index < -0.39 is 0 Å². The Labute approximate surface area is 94.8 Å². The quantitative estimate of drug-likeness (QED) is 0.739. The van der Waals surface area contributed by atoms with E-state index in [4.69, 9.17) is 16.3 Å². The van der Waals surface area contributed by atoms with Crippen molar-refractivity contribution < 1.29 is 4.74 Å². The van der Waals surface area contributed by atoms with Crippen molar-refractivity contribution in [3.05, 3.63) is 18.1 Å². The standard InChI is InChI=1S/C11H15ClN2O/c1-7-3-9(7)10(12)4-8-5-11(15-2)14-6-13-8/h5-7,9-10H,3-4H2,1-2H3. The molecule has 1 aliphatic carbocycles. The van der Waals surface area contributed by atoms with Crippen molar-refractivity contribution in [2.45, 2.75) is 25.1 Å². The van der Waals surface area contributed by atoms with Gasteiger partial charge in [-0.2, -0.15) is 0 Å². The second kappa shape index (κ2) is 4.35. The first-order chi connectivity index (χ1) is 7.20. The van der Waals surface area contributed by atoms with Gasteiger partial charge in [-0.3, -0.25) is 0 Å². The second-order valence-corrected chi connectivity index (χ2v) is 4.71. The number of aromatic nitrogens is 2. The van der Waals surface area contributed by atoms with Gasteiger partial charge in [-0.1, -0.05) is 6.92 Å². The number of methoxy groups -OCH3 is 1. The smallest absolute Gasteiger partial charge is 0.216 e. The van der Waals surface area contributed by atoms with Crippen LogP contribution in [-0.4, -0.2) is 22.5 Å². The Morgan fingerprint density at radius 2 is 2.33 bits per heavy atom. The third kappa shape index (κ3) is 2.59. The summed E-state index contributed by atoms with van der Waals surface area (Å²) in [6.45, 7) is 2.24. The van der Waals surface area contributed by atoms with Crippen molar-refractivity contribution in [1.29, 1.82) is 0 Å². The van der Waals surface area contributed by atoms with Gasteiger partial charge in [-0.05, 0) is 18.3 Å². The minimum atomic E-state index is 0.194. The third-order valence-electron chi connectivity index (χ3n) is 2.95. The number of alkyl halides is 1. The molecule has 1 aromatic heterocycles. The Morgan fingerprint density at radius 1 is 1.60 bits per heavy atom. The summed E-state index contributed by atoms with van der Waals surface area (Å²) in [5.74, 6) is 2.04. The molecule has 0 amide bonds. The number of rotatable bonds is 4. The molecule has 0 bridgehead atoms. The van der Waals surface area contributed by atoms with Crippen molar-refractivity contribution >= 4 is 11.6 Å². The number of halogens is 1. The number of hydrogen-bond acceptors (Lipinski definition) is 3. The molecule has 0 radical (unpaired) electrons. The van der Waals surface area contributed by atoms with Crippen LogP contribution in [0.15, 0.2) is 12.4 Å². The van der Waals surface area contributed by atoms with Crippen LogP contribution in [0.2, 0.25) is 0 Å². The molecule has 0 aromatic carbocycles. The Bertz CT molecular complexity index is 345. The zero-order valence-corrected chi connectivity index (χ0v) is 9.74. The van der Waals surface area contributed by atoms with Crippen LogP contribution >= 0.6 is 11.6 Å². The predicted molar refractivity (Wildman–Crippen MR) is 59.2 cm³/mol. The summed E-state index contributed by atoms with van der Waals surface area (Å²) in [4.78, 5) is 8.15. The lowest BCUT2D eigenvalue weighted by atomic mass is 10.1. The van der Waals surface area contributed by atoms with Gasteiger partial charge in [-0.15, -0.1) is 11.6 Å². The molecule has 0 spiro atoms. The first-order valence-corrected chi connectivity index (χ1v) is 5.63. The molecule has 4 heteroatoms. The molecule has 0 saturated heterocycles. The lowest BCUT2D eigenvalue weighted by Crippen LogP contribution is -2.08. The third-order valence-corrected chi connectivity index (χ3v) is 3.43. The Kier molecular flexibility index (Phi) is 3.10. The molecule has 2 rings (SSSR count). The molecule has 15 heavy (non-hydrogen) atoms. The van der Waals surface area contributed by atoms with Crippen LogP contribution in [0.3, 0.4) is 0 Å². The van der Waals surface area contributed by atoms with Crippen LogP contribution in [0, 0.1) is 11.8 Å². The minimum absolute atomic E-state index is 0.194. The molecule has 0 N–H and O–H groups in total. The number of ether oxygens (including phenoxy) is 1. The highest BCUT2D eigenvalue weighted by Gasteiger charge is 2.38. The molecule has 1 saturated carbocycles. The van der Waals surface area contributed by atoms with E-state index in [1.807, 2.05) is 6.07 Å². The van der Waals surface area contributed by atoms with Gasteiger partial charge in [0, 0.05) is 23.6 Å². The lowest BCUT2D eigenvalue weighted by molar-refractivity contribution is 0.395. The lowest BCUT2D eigenvalue weighted by Gasteiger charge is -2.08. The molecule has 3 nitrogen and oxygen atoms in total. The first-order valence-electron chi connectivity index (χ1n) is 5.19. The van der Waals surface area contributed by atoms with Gasteiger partial charge in [0.1, 0.15) is 6.33 Å². The van der Waals surface area contributed by atoms with E-state index in [-0.39, 0.29) is 5.38 Å². The summed E-state index contributed by atoms with van der Waals surface area (Å²) >= 11 is 6.30. The van der Waals surface area contributed by atoms with Crippen molar-refractivity contribution in [2.75, 3.05) is 7.11 Å². The van der Waals surface area contributed by atoms with Crippen molar-refractivity contribution in [3.8, 4) is 5.88 Å². The Balaban J connectivity index is 1.97. The molecule has 0 aliphatic heterocycles. The molecule has 3 unspecified atom stereocenters. The molecular weight excluding hydrogens is 212 g/mol. The maximum Gasteiger partial charge on any atom is 0.216 e. The fourth-order valence-corrected chi connectivity index (χ4v) is 2.32. The highest BCUT2D eigenvalue weighted by atomic mass is 35.5. The van der Waals surface area contributed by atoms with E-state index >= 15 is 0 Å². The fraction of sp³-hybridized carbons (Fsp3) is 0.636. The van der Waals surface area contributed by atoms with Crippen LogP contribution < -0.4 is 4.74 Å². The monoisotopic (exact) mass is 226 g/mol. The Morgan fingerprint density at radius 3 is 2.93 bits per heavy atom. The van der Waals surface area contributed by atoms with Gasteiger partial charge in [0.25, 0.3) is 0 Å². The topological polar surface area (TPSA) is 35.0 Å². The van der Waals surface area contributed by atoms with Crippen molar-refractivity contribution in [2.24, 2.45) is 11.8 Å². The molecule has 1 aromatic rings. The van der Waals surface area contributed by atoms with E-state index in [0.717, 1.165) is 18.0 Å². The van der Waals surface area contributed by atoms with Crippen molar-refractivity contribution in [3.63, 3.8) is 0 Å². The average Bonchev–Trinajstić information content (AvgIpc) is 2.96. The molecule has 82 valence electrons. The van der Waals surface area contributed by atoms with Crippen LogP contribution in [0.25, 0.3) is 0 Å². The highest BCUT2D eigenvalue weighted by molar-refractivity contribution is 6.21. The summed E-state index contributed by atoms with van der Waals surface area (Å²) in [5, 5.41) is 0.194. The first kappa shape index (κ1) is 10.7. The van der Waals surface area contributed by atoms with E-state index in [1.165, 1.54) is 12.7 Å². The van der Waals surface area contributed by atoms with E-state index in [9.17, 15) is 0 Å². The molecule has 1 heterocycles. The molecular formula is C11H15ClN2O. The number of nitrogens with zero attached hydrogens (tertiary/aromatic N) is 2. The SMILES string of the molecule is COc1cc(CC(Cl)C2CC2C)ncn1. The summed E-state index contributed by atoms with van der Waals surface area (Å²) in [5.41, 5.74) is 0.959. The zero-order chi connectivity index (χ0) is 10.8. The van der Waals surface area contributed by atoms with Crippen LogP contribution in [0.5, 0.6) is 5.88 Å². The van der Waals surface area contributed by atoms with Crippen molar-refractivity contribution in [1.82, 2.24) is 9.97 Å². The molecule has 3 atom stereocenters. The van der Waals surface area contributed by atoms with Gasteiger partial charge < -0.3 is 4.74 Å². The summed E-state index contributed by atoms with van der Waals surface area (Å²) < 4.78 is 5.04. The second-order valence-electron chi connectivity index (χ2n) is 4.15. The summed E-state index contributed by atoms with van der Waals surface area (Å²) in [6, 6.07) is 1.85. The van der Waals surface area contributed by atoms with Crippen LogP contribution in [-0.2, 0) is 6.42 Å². The summed E-state index contributed by atoms with van der Waals surface area (Å²) in [6.07, 6.45) is 3.57. The maximum atomic E-state index is 6.30. The van der Waals surface area contributed by atoms with Gasteiger partial charge in [0.05, 0.1) is 7.11 Å². The van der Waals surface area contributed by atoms with Gasteiger partial charge in [-0.25, -0.2) is 9.97 Å². The number of hydrogen-bond donors (Lipinski definition) is 0. The summed E-state index contributed by atoms with van der Waals surface area (Å²) in [7, 11) is 1.60. The van der Waals surface area contributed by atoms with Gasteiger partial charge in [0.2, 0.25) is 5.88 Å².